The summed E-state index contributed by atoms with van der Waals surface area (Å²) >= 11 is 3.27. The van der Waals surface area contributed by atoms with Crippen LogP contribution in [-0.2, 0) is 11.3 Å². The first-order chi connectivity index (χ1) is 9.10. The maximum atomic E-state index is 12.9. The second-order valence-corrected chi connectivity index (χ2v) is 4.72. The first-order valence-electron chi connectivity index (χ1n) is 5.55. The van der Waals surface area contributed by atoms with Crippen molar-refractivity contribution in [3.63, 3.8) is 0 Å². The zero-order valence-electron chi connectivity index (χ0n) is 10.2. The van der Waals surface area contributed by atoms with Crippen molar-refractivity contribution >= 4 is 27.6 Å². The van der Waals surface area contributed by atoms with Crippen LogP contribution in [0.4, 0.5) is 10.1 Å². The van der Waals surface area contributed by atoms with Crippen LogP contribution in [0.2, 0.25) is 0 Å². The minimum Gasteiger partial charge on any atom is -0.464 e. The van der Waals surface area contributed by atoms with Gasteiger partial charge in [0.2, 0.25) is 0 Å². The van der Waals surface area contributed by atoms with Crippen LogP contribution in [0.1, 0.15) is 16.2 Å². The maximum Gasteiger partial charge on any atom is 0.354 e. The van der Waals surface area contributed by atoms with Crippen molar-refractivity contribution in [1.82, 2.24) is 4.98 Å². The number of rotatable bonds is 4. The van der Waals surface area contributed by atoms with E-state index in [9.17, 15) is 9.18 Å². The van der Waals surface area contributed by atoms with Gasteiger partial charge in [0.05, 0.1) is 13.7 Å². The van der Waals surface area contributed by atoms with Gasteiger partial charge in [-0.25, -0.2) is 9.18 Å². The minimum absolute atomic E-state index is 0.301. The average Bonchev–Trinajstić information content (AvgIpc) is 2.85. The topological polar surface area (TPSA) is 54.1 Å². The Kier molecular flexibility index (Phi) is 4.21. The van der Waals surface area contributed by atoms with E-state index in [0.717, 1.165) is 11.4 Å². The Labute approximate surface area is 118 Å². The van der Waals surface area contributed by atoms with Crippen LogP contribution in [0.5, 0.6) is 0 Å². The highest BCUT2D eigenvalue weighted by molar-refractivity contribution is 9.10. The number of H-pyrrole nitrogens is 1. The molecule has 0 saturated heterocycles. The van der Waals surface area contributed by atoms with Gasteiger partial charge in [-0.15, -0.1) is 0 Å². The smallest absolute Gasteiger partial charge is 0.354 e. The van der Waals surface area contributed by atoms with E-state index in [0.29, 0.717) is 16.7 Å². The van der Waals surface area contributed by atoms with E-state index in [4.69, 9.17) is 0 Å². The van der Waals surface area contributed by atoms with Gasteiger partial charge < -0.3 is 15.0 Å². The third kappa shape index (κ3) is 3.35. The van der Waals surface area contributed by atoms with Crippen molar-refractivity contribution in [2.24, 2.45) is 0 Å². The minimum atomic E-state index is -0.408. The molecule has 0 amide bonds. The Hall–Kier alpha value is -1.82. The molecule has 0 spiro atoms. The number of hydrogen-bond acceptors (Lipinski definition) is 3. The predicted molar refractivity (Wildman–Crippen MR) is 73.6 cm³/mol. The fraction of sp³-hybridized carbons (Fsp3) is 0.154. The molecular weight excluding hydrogens is 315 g/mol. The molecule has 0 fully saturated rings. The molecule has 19 heavy (non-hydrogen) atoms. The lowest BCUT2D eigenvalue weighted by atomic mass is 10.3. The van der Waals surface area contributed by atoms with Crippen molar-refractivity contribution in [3.05, 3.63) is 52.0 Å². The van der Waals surface area contributed by atoms with Crippen LogP contribution >= 0.6 is 15.9 Å². The Balaban J connectivity index is 2.02. The number of methoxy groups -OCH3 is 1. The molecule has 0 aliphatic carbocycles. The van der Waals surface area contributed by atoms with Gasteiger partial charge in [-0.05, 0) is 46.3 Å². The zero-order valence-corrected chi connectivity index (χ0v) is 11.8. The van der Waals surface area contributed by atoms with E-state index in [2.05, 4.69) is 31.0 Å². The van der Waals surface area contributed by atoms with Gasteiger partial charge in [0.15, 0.2) is 0 Å². The van der Waals surface area contributed by atoms with Crippen LogP contribution in [0.25, 0.3) is 0 Å². The van der Waals surface area contributed by atoms with E-state index in [1.54, 1.807) is 18.2 Å². The van der Waals surface area contributed by atoms with Crippen LogP contribution in [0, 0.1) is 5.82 Å². The molecule has 1 aromatic carbocycles. The summed E-state index contributed by atoms with van der Waals surface area (Å²) in [7, 11) is 1.33. The Bertz CT molecular complexity index is 598. The molecule has 1 heterocycles. The van der Waals surface area contributed by atoms with E-state index >= 15 is 0 Å². The van der Waals surface area contributed by atoms with E-state index < -0.39 is 5.97 Å². The SMILES string of the molecule is COC(=O)c1ccc(CNc2ccc(F)cc2Br)[nH]1. The molecule has 4 nitrogen and oxygen atoms in total. The summed E-state index contributed by atoms with van der Waals surface area (Å²) in [6.07, 6.45) is 0. The Morgan fingerprint density at radius 3 is 2.89 bits per heavy atom. The molecule has 0 atom stereocenters. The van der Waals surface area contributed by atoms with Crippen molar-refractivity contribution < 1.29 is 13.9 Å². The molecule has 0 saturated carbocycles. The Morgan fingerprint density at radius 2 is 2.21 bits per heavy atom. The number of hydrogen-bond donors (Lipinski definition) is 2. The number of carbonyl (C=O) groups excluding carboxylic acids is 1. The van der Waals surface area contributed by atoms with Crippen molar-refractivity contribution in [2.45, 2.75) is 6.54 Å². The second-order valence-electron chi connectivity index (χ2n) is 3.87. The van der Waals surface area contributed by atoms with Gasteiger partial charge >= 0.3 is 5.97 Å². The van der Waals surface area contributed by atoms with Gasteiger partial charge in [-0.3, -0.25) is 0 Å². The van der Waals surface area contributed by atoms with Crippen LogP contribution < -0.4 is 5.32 Å². The third-order valence-electron chi connectivity index (χ3n) is 2.55. The quantitative estimate of drug-likeness (QED) is 0.847. The lowest BCUT2D eigenvalue weighted by Crippen LogP contribution is -2.04. The summed E-state index contributed by atoms with van der Waals surface area (Å²) in [6.45, 7) is 0.487. The van der Waals surface area contributed by atoms with Gasteiger partial charge in [0.25, 0.3) is 0 Å². The fourth-order valence-corrected chi connectivity index (χ4v) is 2.09. The van der Waals surface area contributed by atoms with Gasteiger partial charge in [-0.1, -0.05) is 0 Å². The molecular formula is C13H12BrFN2O2. The summed E-state index contributed by atoms with van der Waals surface area (Å²) in [4.78, 5) is 14.2. The number of carbonyl (C=O) groups is 1. The second kappa shape index (κ2) is 5.88. The van der Waals surface area contributed by atoms with Crippen LogP contribution in [0.3, 0.4) is 0 Å². The summed E-state index contributed by atoms with van der Waals surface area (Å²) in [5.74, 6) is -0.709. The molecule has 0 radical (unpaired) electrons. The number of nitrogens with one attached hydrogen (secondary N) is 2. The van der Waals surface area contributed by atoms with E-state index in [1.165, 1.54) is 19.2 Å². The molecule has 2 rings (SSSR count). The molecule has 2 aromatic rings. The number of anilines is 1. The number of aromatic nitrogens is 1. The molecule has 1 aromatic heterocycles. The highest BCUT2D eigenvalue weighted by Gasteiger charge is 2.08. The van der Waals surface area contributed by atoms with Crippen LogP contribution in [0.15, 0.2) is 34.8 Å². The normalized spacial score (nSPS) is 10.3. The highest BCUT2D eigenvalue weighted by atomic mass is 79.9. The van der Waals surface area contributed by atoms with Crippen molar-refractivity contribution in [1.29, 1.82) is 0 Å². The first kappa shape index (κ1) is 13.6. The third-order valence-corrected chi connectivity index (χ3v) is 3.21. The first-order valence-corrected chi connectivity index (χ1v) is 6.34. The molecule has 0 aliphatic rings. The number of aromatic amines is 1. The number of ether oxygens (including phenoxy) is 1. The molecule has 2 N–H and O–H groups in total. The summed E-state index contributed by atoms with van der Waals surface area (Å²) in [5.41, 5.74) is 2.00. The number of halogens is 2. The lowest BCUT2D eigenvalue weighted by Gasteiger charge is -2.07. The van der Waals surface area contributed by atoms with Gasteiger partial charge in [0.1, 0.15) is 11.5 Å². The van der Waals surface area contributed by atoms with Crippen molar-refractivity contribution in [2.75, 3.05) is 12.4 Å². The standard InChI is InChI=1S/C13H12BrFN2O2/c1-19-13(18)12-5-3-9(17-12)7-16-11-4-2-8(15)6-10(11)14/h2-6,16-17H,7H2,1H3. The largest absolute Gasteiger partial charge is 0.464 e. The molecule has 0 aliphatic heterocycles. The Morgan fingerprint density at radius 1 is 1.42 bits per heavy atom. The van der Waals surface area contributed by atoms with E-state index in [1.807, 2.05) is 0 Å². The molecule has 0 unspecified atom stereocenters. The number of benzene rings is 1. The molecule has 0 bridgehead atoms. The zero-order chi connectivity index (χ0) is 13.8. The summed E-state index contributed by atoms with van der Waals surface area (Å²) in [6, 6.07) is 7.85. The van der Waals surface area contributed by atoms with Gasteiger partial charge in [-0.2, -0.15) is 0 Å². The summed E-state index contributed by atoms with van der Waals surface area (Å²) < 4.78 is 18.2. The molecule has 100 valence electrons. The monoisotopic (exact) mass is 326 g/mol. The average molecular weight is 327 g/mol. The fourth-order valence-electron chi connectivity index (χ4n) is 1.60. The lowest BCUT2D eigenvalue weighted by molar-refractivity contribution is 0.0594. The number of esters is 1. The van der Waals surface area contributed by atoms with Crippen molar-refractivity contribution in [3.8, 4) is 0 Å². The maximum absolute atomic E-state index is 12.9. The predicted octanol–water partition coefficient (Wildman–Crippen LogP) is 3.32. The van der Waals surface area contributed by atoms with Crippen LogP contribution in [-0.4, -0.2) is 18.1 Å². The highest BCUT2D eigenvalue weighted by Crippen LogP contribution is 2.23. The van der Waals surface area contributed by atoms with Gasteiger partial charge in [0, 0.05) is 15.9 Å². The summed E-state index contributed by atoms with van der Waals surface area (Å²) in [5, 5.41) is 3.13. The molecule has 6 heteroatoms. The van der Waals surface area contributed by atoms with E-state index in [-0.39, 0.29) is 5.82 Å².